The standard InChI is InChI=1S/C16H29N3/c1-3-15(4-2)19-11-10-14(18-19)12-16(17)13-8-6-5-7-9-13/h10-11,13,15-16H,3-9,12,17H2,1-2H3. The van der Waals surface area contributed by atoms with Crippen molar-refractivity contribution in [2.75, 3.05) is 0 Å². The Kier molecular flexibility index (Phi) is 5.44. The smallest absolute Gasteiger partial charge is 0.0640 e. The number of aromatic nitrogens is 2. The topological polar surface area (TPSA) is 43.8 Å². The molecule has 1 fully saturated rings. The van der Waals surface area contributed by atoms with Crippen LogP contribution < -0.4 is 5.73 Å². The van der Waals surface area contributed by atoms with Crippen molar-refractivity contribution in [3.8, 4) is 0 Å². The van der Waals surface area contributed by atoms with Gasteiger partial charge in [-0.3, -0.25) is 4.68 Å². The van der Waals surface area contributed by atoms with Gasteiger partial charge in [0.1, 0.15) is 0 Å². The maximum atomic E-state index is 6.38. The summed E-state index contributed by atoms with van der Waals surface area (Å²) >= 11 is 0. The molecule has 0 amide bonds. The van der Waals surface area contributed by atoms with Crippen LogP contribution in [0, 0.1) is 5.92 Å². The van der Waals surface area contributed by atoms with Crippen molar-refractivity contribution in [3.05, 3.63) is 18.0 Å². The van der Waals surface area contributed by atoms with E-state index < -0.39 is 0 Å². The van der Waals surface area contributed by atoms with Crippen LogP contribution in [-0.4, -0.2) is 15.8 Å². The third kappa shape index (κ3) is 3.82. The van der Waals surface area contributed by atoms with E-state index in [1.54, 1.807) is 0 Å². The van der Waals surface area contributed by atoms with Crippen LogP contribution in [-0.2, 0) is 6.42 Å². The minimum absolute atomic E-state index is 0.297. The highest BCUT2D eigenvalue weighted by Gasteiger charge is 2.21. The fourth-order valence-corrected chi connectivity index (χ4v) is 3.32. The average molecular weight is 263 g/mol. The quantitative estimate of drug-likeness (QED) is 0.850. The second kappa shape index (κ2) is 7.09. The molecule has 1 aliphatic rings. The first-order chi connectivity index (χ1) is 9.24. The minimum Gasteiger partial charge on any atom is -0.327 e. The van der Waals surface area contributed by atoms with Crippen LogP contribution in [0.4, 0.5) is 0 Å². The Balaban J connectivity index is 1.91. The predicted octanol–water partition coefficient (Wildman–Crippen LogP) is 3.69. The molecule has 1 aromatic rings. The Hall–Kier alpha value is -0.830. The largest absolute Gasteiger partial charge is 0.327 e. The van der Waals surface area contributed by atoms with Gasteiger partial charge in [0.2, 0.25) is 0 Å². The average Bonchev–Trinajstić information content (AvgIpc) is 2.89. The summed E-state index contributed by atoms with van der Waals surface area (Å²) < 4.78 is 2.13. The van der Waals surface area contributed by atoms with E-state index in [0.29, 0.717) is 18.0 Å². The van der Waals surface area contributed by atoms with Gasteiger partial charge < -0.3 is 5.73 Å². The number of rotatable bonds is 6. The number of nitrogens with zero attached hydrogens (tertiary/aromatic N) is 2. The first-order valence-corrected chi connectivity index (χ1v) is 8.04. The van der Waals surface area contributed by atoms with Crippen LogP contribution in [0.5, 0.6) is 0 Å². The lowest BCUT2D eigenvalue weighted by atomic mass is 9.83. The Morgan fingerprint density at radius 2 is 1.95 bits per heavy atom. The third-order valence-electron chi connectivity index (χ3n) is 4.68. The lowest BCUT2D eigenvalue weighted by molar-refractivity contribution is 0.301. The first-order valence-electron chi connectivity index (χ1n) is 8.04. The monoisotopic (exact) mass is 263 g/mol. The number of nitrogens with two attached hydrogens (primary N) is 1. The van der Waals surface area contributed by atoms with Crippen LogP contribution in [0.3, 0.4) is 0 Å². The van der Waals surface area contributed by atoms with E-state index in [-0.39, 0.29) is 0 Å². The molecule has 19 heavy (non-hydrogen) atoms. The second-order valence-corrected chi connectivity index (χ2v) is 6.02. The predicted molar refractivity (Wildman–Crippen MR) is 80.1 cm³/mol. The zero-order chi connectivity index (χ0) is 13.7. The van der Waals surface area contributed by atoms with Gasteiger partial charge in [-0.15, -0.1) is 0 Å². The van der Waals surface area contributed by atoms with Gasteiger partial charge >= 0.3 is 0 Å². The third-order valence-corrected chi connectivity index (χ3v) is 4.68. The number of hydrogen-bond acceptors (Lipinski definition) is 2. The maximum absolute atomic E-state index is 6.38. The lowest BCUT2D eigenvalue weighted by Gasteiger charge is -2.27. The van der Waals surface area contributed by atoms with Crippen molar-refractivity contribution >= 4 is 0 Å². The Bertz CT molecular complexity index is 362. The Labute approximate surface area is 117 Å². The summed E-state index contributed by atoms with van der Waals surface area (Å²) in [7, 11) is 0. The molecule has 0 radical (unpaired) electrons. The van der Waals surface area contributed by atoms with E-state index in [2.05, 4.69) is 30.8 Å². The van der Waals surface area contributed by atoms with Gasteiger partial charge in [0.05, 0.1) is 11.7 Å². The van der Waals surface area contributed by atoms with Gasteiger partial charge in [-0.25, -0.2) is 0 Å². The minimum atomic E-state index is 0.297. The normalized spacial score (nSPS) is 18.9. The van der Waals surface area contributed by atoms with Crippen molar-refractivity contribution in [1.82, 2.24) is 9.78 Å². The zero-order valence-electron chi connectivity index (χ0n) is 12.5. The summed E-state index contributed by atoms with van der Waals surface area (Å²) in [6.45, 7) is 4.45. The maximum Gasteiger partial charge on any atom is 0.0640 e. The SMILES string of the molecule is CCC(CC)n1ccc(CC(N)C2CCCCC2)n1. The van der Waals surface area contributed by atoms with Crippen LogP contribution in [0.2, 0.25) is 0 Å². The number of hydrogen-bond donors (Lipinski definition) is 1. The van der Waals surface area contributed by atoms with Gasteiger partial charge in [-0.05, 0) is 37.7 Å². The van der Waals surface area contributed by atoms with Gasteiger partial charge in [-0.2, -0.15) is 5.10 Å². The van der Waals surface area contributed by atoms with Gasteiger partial charge in [-0.1, -0.05) is 33.1 Å². The summed E-state index contributed by atoms with van der Waals surface area (Å²) in [5, 5.41) is 4.72. The van der Waals surface area contributed by atoms with Crippen molar-refractivity contribution < 1.29 is 0 Å². The summed E-state index contributed by atoms with van der Waals surface area (Å²) in [6.07, 6.45) is 12.1. The molecule has 2 N–H and O–H groups in total. The molecule has 108 valence electrons. The van der Waals surface area contributed by atoms with E-state index in [4.69, 9.17) is 10.8 Å². The molecule has 0 saturated heterocycles. The fraction of sp³-hybridized carbons (Fsp3) is 0.812. The van der Waals surface area contributed by atoms with Crippen LogP contribution >= 0.6 is 0 Å². The summed E-state index contributed by atoms with van der Waals surface area (Å²) in [5.41, 5.74) is 7.55. The summed E-state index contributed by atoms with van der Waals surface area (Å²) in [5.74, 6) is 0.715. The molecular weight excluding hydrogens is 234 g/mol. The highest BCUT2D eigenvalue weighted by atomic mass is 15.3. The van der Waals surface area contributed by atoms with Crippen molar-refractivity contribution in [2.24, 2.45) is 11.7 Å². The van der Waals surface area contributed by atoms with E-state index >= 15 is 0 Å². The molecule has 1 atom stereocenters. The first kappa shape index (κ1) is 14.6. The van der Waals surface area contributed by atoms with Gasteiger partial charge in [0.25, 0.3) is 0 Å². The van der Waals surface area contributed by atoms with Crippen molar-refractivity contribution in [2.45, 2.75) is 77.3 Å². The summed E-state index contributed by atoms with van der Waals surface area (Å²) in [6, 6.07) is 2.99. The zero-order valence-corrected chi connectivity index (χ0v) is 12.5. The molecule has 3 heteroatoms. The van der Waals surface area contributed by atoms with Gasteiger partial charge in [0.15, 0.2) is 0 Å². The molecular formula is C16H29N3. The molecule has 1 saturated carbocycles. The van der Waals surface area contributed by atoms with E-state index in [1.165, 1.54) is 37.8 Å². The molecule has 1 aliphatic carbocycles. The summed E-state index contributed by atoms with van der Waals surface area (Å²) in [4.78, 5) is 0. The highest BCUT2D eigenvalue weighted by molar-refractivity contribution is 5.03. The molecule has 0 spiro atoms. The van der Waals surface area contributed by atoms with E-state index in [1.807, 2.05) is 0 Å². The second-order valence-electron chi connectivity index (χ2n) is 6.02. The molecule has 0 bridgehead atoms. The lowest BCUT2D eigenvalue weighted by Crippen LogP contribution is -2.33. The highest BCUT2D eigenvalue weighted by Crippen LogP contribution is 2.27. The van der Waals surface area contributed by atoms with Crippen molar-refractivity contribution in [3.63, 3.8) is 0 Å². The molecule has 3 nitrogen and oxygen atoms in total. The molecule has 1 unspecified atom stereocenters. The van der Waals surface area contributed by atoms with Crippen LogP contribution in [0.1, 0.15) is 70.5 Å². The molecule has 1 heterocycles. The van der Waals surface area contributed by atoms with E-state index in [0.717, 1.165) is 19.3 Å². The van der Waals surface area contributed by atoms with E-state index in [9.17, 15) is 0 Å². The van der Waals surface area contributed by atoms with Crippen LogP contribution in [0.25, 0.3) is 0 Å². The Morgan fingerprint density at radius 3 is 2.58 bits per heavy atom. The molecule has 1 aromatic heterocycles. The Morgan fingerprint density at radius 1 is 1.26 bits per heavy atom. The van der Waals surface area contributed by atoms with Crippen molar-refractivity contribution in [1.29, 1.82) is 0 Å². The fourth-order valence-electron chi connectivity index (χ4n) is 3.32. The molecule has 0 aromatic carbocycles. The van der Waals surface area contributed by atoms with Crippen LogP contribution in [0.15, 0.2) is 12.3 Å². The molecule has 2 rings (SSSR count). The molecule has 0 aliphatic heterocycles. The van der Waals surface area contributed by atoms with Gasteiger partial charge in [0, 0.05) is 18.7 Å².